The van der Waals surface area contributed by atoms with E-state index >= 15 is 0 Å². The first-order chi connectivity index (χ1) is 13.8. The Labute approximate surface area is 169 Å². The Kier molecular flexibility index (Phi) is 6.37. The number of ether oxygens (including phenoxy) is 1. The van der Waals surface area contributed by atoms with E-state index in [-0.39, 0.29) is 47.3 Å². The lowest BCUT2D eigenvalue weighted by atomic mass is 10.0. The van der Waals surface area contributed by atoms with Crippen molar-refractivity contribution < 1.29 is 31.5 Å². The van der Waals surface area contributed by atoms with Gasteiger partial charge < -0.3 is 15.2 Å². The number of nitrogens with one attached hydrogen (secondary N) is 1. The molecule has 1 amide bonds. The van der Waals surface area contributed by atoms with E-state index in [9.17, 15) is 21.6 Å². The summed E-state index contributed by atoms with van der Waals surface area (Å²) in [4.78, 5) is 12.5. The number of hydrogen-bond donors (Lipinski definition) is 2. The SMILES string of the molecule is O=C(NCCOCCO)c1cccc2c1C(S(=O)(=O)c1ccccc1)CS2(=O)=O. The zero-order valence-corrected chi connectivity index (χ0v) is 17.1. The topological polar surface area (TPSA) is 127 Å². The Morgan fingerprint density at radius 1 is 1.10 bits per heavy atom. The summed E-state index contributed by atoms with van der Waals surface area (Å²) in [6.45, 7) is 0.278. The van der Waals surface area contributed by atoms with Crippen molar-refractivity contribution in [1.29, 1.82) is 0 Å². The van der Waals surface area contributed by atoms with Crippen LogP contribution in [0.5, 0.6) is 0 Å². The minimum atomic E-state index is -4.02. The number of fused-ring (bicyclic) bond motifs is 1. The van der Waals surface area contributed by atoms with Gasteiger partial charge in [-0.1, -0.05) is 24.3 Å². The van der Waals surface area contributed by atoms with Crippen molar-refractivity contribution in [1.82, 2.24) is 5.32 Å². The molecule has 0 fully saturated rings. The Morgan fingerprint density at radius 3 is 2.52 bits per heavy atom. The third kappa shape index (κ3) is 4.35. The second-order valence-electron chi connectivity index (χ2n) is 6.44. The highest BCUT2D eigenvalue weighted by atomic mass is 32.2. The first-order valence-electron chi connectivity index (χ1n) is 8.90. The van der Waals surface area contributed by atoms with Crippen molar-refractivity contribution >= 4 is 25.6 Å². The molecular formula is C19H21NO7S2. The molecule has 1 unspecified atom stereocenters. The normalized spacial score (nSPS) is 17.6. The van der Waals surface area contributed by atoms with E-state index in [1.807, 2.05) is 0 Å². The molecule has 0 aliphatic carbocycles. The maximum Gasteiger partial charge on any atom is 0.251 e. The van der Waals surface area contributed by atoms with E-state index in [1.165, 1.54) is 30.3 Å². The van der Waals surface area contributed by atoms with Crippen molar-refractivity contribution in [2.24, 2.45) is 0 Å². The predicted octanol–water partition coefficient (Wildman–Crippen LogP) is 0.728. The number of aliphatic hydroxyl groups excluding tert-OH is 1. The molecule has 2 aromatic carbocycles. The van der Waals surface area contributed by atoms with Crippen LogP contribution in [0.3, 0.4) is 0 Å². The molecule has 0 saturated heterocycles. The Hall–Kier alpha value is -2.27. The fraction of sp³-hybridized carbons (Fsp3) is 0.316. The Morgan fingerprint density at radius 2 is 1.83 bits per heavy atom. The molecule has 1 atom stereocenters. The van der Waals surface area contributed by atoms with Crippen molar-refractivity contribution in [3.63, 3.8) is 0 Å². The number of carbonyl (C=O) groups excluding carboxylic acids is 1. The standard InChI is InChI=1S/C19H21NO7S2/c21-10-12-27-11-9-20-19(22)15-7-4-8-16-18(15)17(13-28(16,23)24)29(25,26)14-5-2-1-3-6-14/h1-8,17,21H,9-13H2,(H,20,22). The summed E-state index contributed by atoms with van der Waals surface area (Å²) < 4.78 is 56.6. The van der Waals surface area contributed by atoms with E-state index in [4.69, 9.17) is 9.84 Å². The Balaban J connectivity index is 1.98. The van der Waals surface area contributed by atoms with Crippen molar-refractivity contribution in [2.45, 2.75) is 15.0 Å². The van der Waals surface area contributed by atoms with Crippen molar-refractivity contribution in [3.05, 3.63) is 59.7 Å². The molecule has 0 bridgehead atoms. The second-order valence-corrected chi connectivity index (χ2v) is 10.6. The van der Waals surface area contributed by atoms with E-state index in [0.29, 0.717) is 0 Å². The zero-order chi connectivity index (χ0) is 21.1. The number of aliphatic hydroxyl groups is 1. The first kappa shape index (κ1) is 21.4. The molecule has 0 radical (unpaired) electrons. The van der Waals surface area contributed by atoms with Gasteiger partial charge in [0.25, 0.3) is 5.91 Å². The van der Waals surface area contributed by atoms with Gasteiger partial charge in [-0.15, -0.1) is 0 Å². The van der Waals surface area contributed by atoms with E-state index in [2.05, 4.69) is 5.32 Å². The molecule has 1 aliphatic heterocycles. The van der Waals surface area contributed by atoms with Crippen molar-refractivity contribution in [3.8, 4) is 0 Å². The van der Waals surface area contributed by atoms with E-state index in [1.54, 1.807) is 18.2 Å². The third-order valence-corrected chi connectivity index (χ3v) is 8.64. The minimum absolute atomic E-state index is 0.000615. The molecule has 29 heavy (non-hydrogen) atoms. The summed E-state index contributed by atoms with van der Waals surface area (Å²) in [7, 11) is -7.87. The molecule has 2 aromatic rings. The molecule has 0 spiro atoms. The van der Waals surface area contributed by atoms with Crippen LogP contribution in [0.25, 0.3) is 0 Å². The molecule has 0 aromatic heterocycles. The first-order valence-corrected chi connectivity index (χ1v) is 12.1. The largest absolute Gasteiger partial charge is 0.394 e. The number of carbonyl (C=O) groups is 1. The number of sulfone groups is 2. The van der Waals surface area contributed by atoms with Gasteiger partial charge in [0, 0.05) is 17.7 Å². The second kappa shape index (κ2) is 8.62. The molecule has 1 heterocycles. The lowest BCUT2D eigenvalue weighted by Gasteiger charge is -2.15. The lowest BCUT2D eigenvalue weighted by Crippen LogP contribution is -2.29. The number of amides is 1. The van der Waals surface area contributed by atoms with Gasteiger partial charge in [-0.05, 0) is 24.3 Å². The fourth-order valence-corrected chi connectivity index (χ4v) is 7.61. The van der Waals surface area contributed by atoms with Crippen LogP contribution >= 0.6 is 0 Å². The molecular weight excluding hydrogens is 418 g/mol. The van der Waals surface area contributed by atoms with Gasteiger partial charge in [0.2, 0.25) is 0 Å². The fourth-order valence-electron chi connectivity index (χ4n) is 3.24. The molecule has 10 heteroatoms. The van der Waals surface area contributed by atoms with Crippen LogP contribution in [-0.2, 0) is 24.4 Å². The lowest BCUT2D eigenvalue weighted by molar-refractivity contribution is 0.0837. The smallest absolute Gasteiger partial charge is 0.251 e. The summed E-state index contributed by atoms with van der Waals surface area (Å²) in [5.41, 5.74) is 0.0142. The number of hydrogen-bond acceptors (Lipinski definition) is 7. The van der Waals surface area contributed by atoms with E-state index in [0.717, 1.165) is 0 Å². The third-order valence-electron chi connectivity index (χ3n) is 4.55. The van der Waals surface area contributed by atoms with Gasteiger partial charge in [0.15, 0.2) is 19.7 Å². The number of rotatable bonds is 8. The summed E-state index contributed by atoms with van der Waals surface area (Å²) in [5, 5.41) is 9.91. The van der Waals surface area contributed by atoms with Crippen LogP contribution in [0, 0.1) is 0 Å². The van der Waals surface area contributed by atoms with E-state index < -0.39 is 36.6 Å². The van der Waals surface area contributed by atoms with Crippen LogP contribution in [-0.4, -0.2) is 60.0 Å². The quantitative estimate of drug-likeness (QED) is 0.581. The zero-order valence-electron chi connectivity index (χ0n) is 15.4. The Bertz CT molecular complexity index is 1100. The highest BCUT2D eigenvalue weighted by Gasteiger charge is 2.45. The van der Waals surface area contributed by atoms with Crippen LogP contribution in [0.15, 0.2) is 58.3 Å². The molecule has 156 valence electrons. The monoisotopic (exact) mass is 439 g/mol. The highest BCUT2D eigenvalue weighted by molar-refractivity contribution is 7.96. The van der Waals surface area contributed by atoms with Crippen molar-refractivity contribution in [2.75, 3.05) is 32.1 Å². The summed E-state index contributed by atoms with van der Waals surface area (Å²) in [5.74, 6) is -1.19. The van der Waals surface area contributed by atoms with Crippen LogP contribution in [0.1, 0.15) is 21.2 Å². The summed E-state index contributed by atoms with van der Waals surface area (Å²) >= 11 is 0. The van der Waals surface area contributed by atoms with Gasteiger partial charge in [0.05, 0.1) is 35.4 Å². The average Bonchev–Trinajstić information content (AvgIpc) is 3.00. The van der Waals surface area contributed by atoms with Gasteiger partial charge in [-0.25, -0.2) is 16.8 Å². The average molecular weight is 440 g/mol. The van der Waals surface area contributed by atoms with Gasteiger partial charge in [0.1, 0.15) is 5.25 Å². The van der Waals surface area contributed by atoms with Gasteiger partial charge in [-0.2, -0.15) is 0 Å². The summed E-state index contributed by atoms with van der Waals surface area (Å²) in [6.07, 6.45) is 0. The molecule has 3 rings (SSSR count). The van der Waals surface area contributed by atoms with Crippen LogP contribution in [0.4, 0.5) is 0 Å². The minimum Gasteiger partial charge on any atom is -0.394 e. The highest BCUT2D eigenvalue weighted by Crippen LogP contribution is 2.42. The van der Waals surface area contributed by atoms with Crippen LogP contribution in [0.2, 0.25) is 0 Å². The maximum atomic E-state index is 13.2. The molecule has 1 aliphatic rings. The molecule has 8 nitrogen and oxygen atoms in total. The van der Waals surface area contributed by atoms with Gasteiger partial charge >= 0.3 is 0 Å². The molecule has 2 N–H and O–H groups in total. The number of benzene rings is 2. The predicted molar refractivity (Wildman–Crippen MR) is 105 cm³/mol. The van der Waals surface area contributed by atoms with Crippen LogP contribution < -0.4 is 5.32 Å². The van der Waals surface area contributed by atoms with Gasteiger partial charge in [-0.3, -0.25) is 4.79 Å². The maximum absolute atomic E-state index is 13.2. The summed E-state index contributed by atoms with van der Waals surface area (Å²) in [6, 6.07) is 11.7. The molecule has 0 saturated carbocycles.